The van der Waals surface area contributed by atoms with E-state index in [-0.39, 0.29) is 5.97 Å². The highest BCUT2D eigenvalue weighted by molar-refractivity contribution is 7.80. The number of thiocarbonyl (C=S) groups is 1. The number of rotatable bonds is 7. The monoisotopic (exact) mass is 356 g/mol. The highest BCUT2D eigenvalue weighted by Crippen LogP contribution is 2.17. The number of carbonyl (C=O) groups excluding carboxylic acids is 1. The number of nitrogens with one attached hydrogen (secondary N) is 2. The van der Waals surface area contributed by atoms with Crippen LogP contribution in [-0.2, 0) is 11.2 Å². The molecular formula is C20H24N2O2S. The number of anilines is 1. The molecule has 2 N–H and O–H groups in total. The first kappa shape index (κ1) is 18.9. The summed E-state index contributed by atoms with van der Waals surface area (Å²) < 4.78 is 5.03. The van der Waals surface area contributed by atoms with Crippen LogP contribution in [0.3, 0.4) is 0 Å². The molecule has 0 aliphatic heterocycles. The number of esters is 1. The minimum Gasteiger partial charge on any atom is -0.462 e. The Kier molecular flexibility index (Phi) is 7.41. The summed E-state index contributed by atoms with van der Waals surface area (Å²) in [6.45, 7) is 4.91. The van der Waals surface area contributed by atoms with Gasteiger partial charge in [0.15, 0.2) is 5.11 Å². The lowest BCUT2D eigenvalue weighted by Crippen LogP contribution is -2.29. The molecule has 5 heteroatoms. The van der Waals surface area contributed by atoms with Gasteiger partial charge >= 0.3 is 5.97 Å². The Bertz CT molecular complexity index is 717. The van der Waals surface area contributed by atoms with E-state index in [0.29, 0.717) is 17.3 Å². The Hall–Kier alpha value is -2.40. The minimum absolute atomic E-state index is 0.327. The summed E-state index contributed by atoms with van der Waals surface area (Å²) in [5.41, 5.74) is 3.66. The summed E-state index contributed by atoms with van der Waals surface area (Å²) in [6, 6.07) is 15.8. The van der Waals surface area contributed by atoms with Gasteiger partial charge in [-0.15, -0.1) is 0 Å². The van der Waals surface area contributed by atoms with Crippen LogP contribution in [0.5, 0.6) is 0 Å². The summed E-state index contributed by atoms with van der Waals surface area (Å²) in [5.74, 6) is -0.327. The van der Waals surface area contributed by atoms with Gasteiger partial charge in [-0.3, -0.25) is 0 Å². The van der Waals surface area contributed by atoms with Crippen LogP contribution in [0.25, 0.3) is 0 Å². The van der Waals surface area contributed by atoms with Crippen molar-refractivity contribution in [1.82, 2.24) is 5.32 Å². The zero-order valence-electron chi connectivity index (χ0n) is 14.7. The Balaban J connectivity index is 1.83. The van der Waals surface area contributed by atoms with Gasteiger partial charge in [0.1, 0.15) is 0 Å². The van der Waals surface area contributed by atoms with Crippen LogP contribution in [0.4, 0.5) is 5.69 Å². The lowest BCUT2D eigenvalue weighted by Gasteiger charge is -2.13. The molecule has 0 saturated carbocycles. The topological polar surface area (TPSA) is 50.4 Å². The molecule has 2 aromatic rings. The van der Waals surface area contributed by atoms with Gasteiger partial charge < -0.3 is 15.4 Å². The first-order chi connectivity index (χ1) is 12.1. The third-order valence-corrected chi connectivity index (χ3v) is 4.01. The van der Waals surface area contributed by atoms with E-state index in [1.165, 1.54) is 5.56 Å². The molecule has 0 aromatic heterocycles. The van der Waals surface area contributed by atoms with Crippen molar-refractivity contribution in [3.05, 3.63) is 65.2 Å². The first-order valence-corrected chi connectivity index (χ1v) is 8.87. The third kappa shape index (κ3) is 6.19. The molecule has 132 valence electrons. The van der Waals surface area contributed by atoms with Crippen molar-refractivity contribution < 1.29 is 9.53 Å². The van der Waals surface area contributed by atoms with E-state index in [1.807, 2.05) is 31.2 Å². The lowest BCUT2D eigenvalue weighted by molar-refractivity contribution is 0.0526. The molecule has 0 radical (unpaired) electrons. The second-order valence-electron chi connectivity index (χ2n) is 5.72. The van der Waals surface area contributed by atoms with E-state index in [1.54, 1.807) is 19.1 Å². The third-order valence-electron chi connectivity index (χ3n) is 3.77. The predicted octanol–water partition coefficient (Wildman–Crippen LogP) is 4.09. The zero-order chi connectivity index (χ0) is 18.1. The Morgan fingerprint density at radius 1 is 1.16 bits per heavy atom. The molecule has 0 fully saturated rings. The zero-order valence-corrected chi connectivity index (χ0v) is 15.5. The molecule has 0 amide bonds. The lowest BCUT2D eigenvalue weighted by atomic mass is 10.1. The highest BCUT2D eigenvalue weighted by Gasteiger charge is 2.09. The molecule has 0 aliphatic rings. The number of carbonyl (C=O) groups is 1. The number of aryl methyl sites for hydroxylation is 2. The van der Waals surface area contributed by atoms with Gasteiger partial charge in [-0.1, -0.05) is 36.4 Å². The molecular weight excluding hydrogens is 332 g/mol. The van der Waals surface area contributed by atoms with Crippen molar-refractivity contribution in [3.8, 4) is 0 Å². The highest BCUT2D eigenvalue weighted by atomic mass is 32.1. The molecule has 0 heterocycles. The molecule has 0 spiro atoms. The molecule has 2 rings (SSSR count). The van der Waals surface area contributed by atoms with Crippen LogP contribution < -0.4 is 10.6 Å². The summed E-state index contributed by atoms with van der Waals surface area (Å²) in [4.78, 5) is 11.8. The average Bonchev–Trinajstić information content (AvgIpc) is 2.62. The number of benzene rings is 2. The van der Waals surface area contributed by atoms with Crippen LogP contribution in [0.15, 0.2) is 48.5 Å². The van der Waals surface area contributed by atoms with Crippen LogP contribution in [-0.4, -0.2) is 24.2 Å². The Morgan fingerprint density at radius 2 is 1.92 bits per heavy atom. The number of hydrogen-bond acceptors (Lipinski definition) is 3. The summed E-state index contributed by atoms with van der Waals surface area (Å²) >= 11 is 5.35. The fourth-order valence-electron chi connectivity index (χ4n) is 2.40. The Morgan fingerprint density at radius 3 is 2.64 bits per heavy atom. The first-order valence-electron chi connectivity index (χ1n) is 8.46. The van der Waals surface area contributed by atoms with Crippen LogP contribution >= 0.6 is 12.2 Å². The van der Waals surface area contributed by atoms with E-state index in [2.05, 4.69) is 22.8 Å². The SMILES string of the molecule is CCOC(=O)c1ccc(C)c(NC(=S)NCCCc2ccccc2)c1. The van der Waals surface area contributed by atoms with Crippen molar-refractivity contribution in [2.24, 2.45) is 0 Å². The number of ether oxygens (including phenoxy) is 1. The molecule has 25 heavy (non-hydrogen) atoms. The van der Waals surface area contributed by atoms with Crippen molar-refractivity contribution in [3.63, 3.8) is 0 Å². The second-order valence-corrected chi connectivity index (χ2v) is 6.13. The summed E-state index contributed by atoms with van der Waals surface area (Å²) in [5, 5.41) is 6.92. The predicted molar refractivity (Wildman–Crippen MR) is 106 cm³/mol. The van der Waals surface area contributed by atoms with E-state index >= 15 is 0 Å². The maximum Gasteiger partial charge on any atom is 0.338 e. The molecule has 0 aliphatic carbocycles. The minimum atomic E-state index is -0.327. The van der Waals surface area contributed by atoms with Gasteiger partial charge in [0.2, 0.25) is 0 Å². The van der Waals surface area contributed by atoms with Gasteiger partial charge in [-0.05, 0) is 62.2 Å². The van der Waals surface area contributed by atoms with Crippen molar-refractivity contribution in [1.29, 1.82) is 0 Å². The largest absolute Gasteiger partial charge is 0.462 e. The molecule has 0 unspecified atom stereocenters. The van der Waals surface area contributed by atoms with E-state index < -0.39 is 0 Å². The normalized spacial score (nSPS) is 10.2. The van der Waals surface area contributed by atoms with Crippen molar-refractivity contribution in [2.45, 2.75) is 26.7 Å². The van der Waals surface area contributed by atoms with Crippen LogP contribution in [0.2, 0.25) is 0 Å². The van der Waals surface area contributed by atoms with Gasteiger partial charge in [0, 0.05) is 12.2 Å². The summed E-state index contributed by atoms with van der Waals surface area (Å²) in [6.07, 6.45) is 2.00. The summed E-state index contributed by atoms with van der Waals surface area (Å²) in [7, 11) is 0. The van der Waals surface area contributed by atoms with Gasteiger partial charge in [0.05, 0.1) is 12.2 Å². The van der Waals surface area contributed by atoms with Crippen molar-refractivity contribution >= 4 is 29.0 Å². The fourth-order valence-corrected chi connectivity index (χ4v) is 2.62. The average molecular weight is 356 g/mol. The maximum absolute atomic E-state index is 11.8. The molecule has 2 aromatic carbocycles. The number of hydrogen-bond donors (Lipinski definition) is 2. The quantitative estimate of drug-likeness (QED) is 0.444. The van der Waals surface area contributed by atoms with E-state index in [0.717, 1.165) is 30.6 Å². The van der Waals surface area contributed by atoms with E-state index in [9.17, 15) is 4.79 Å². The molecule has 0 saturated heterocycles. The standard InChI is InChI=1S/C20H24N2O2S/c1-3-24-19(23)17-12-11-15(2)18(14-17)22-20(25)21-13-7-10-16-8-5-4-6-9-16/h4-6,8-9,11-12,14H,3,7,10,13H2,1-2H3,(H2,21,22,25). The van der Waals surface area contributed by atoms with Gasteiger partial charge in [-0.25, -0.2) is 4.79 Å². The molecule has 4 nitrogen and oxygen atoms in total. The van der Waals surface area contributed by atoms with Crippen molar-refractivity contribution in [2.75, 3.05) is 18.5 Å². The molecule has 0 atom stereocenters. The van der Waals surface area contributed by atoms with Gasteiger partial charge in [-0.2, -0.15) is 0 Å². The van der Waals surface area contributed by atoms with Crippen LogP contribution in [0.1, 0.15) is 34.8 Å². The fraction of sp³-hybridized carbons (Fsp3) is 0.300. The Labute approximate surface area is 154 Å². The molecule has 0 bridgehead atoms. The van der Waals surface area contributed by atoms with Crippen LogP contribution in [0, 0.1) is 6.92 Å². The van der Waals surface area contributed by atoms with E-state index in [4.69, 9.17) is 17.0 Å². The van der Waals surface area contributed by atoms with Gasteiger partial charge in [0.25, 0.3) is 0 Å². The smallest absolute Gasteiger partial charge is 0.338 e. The maximum atomic E-state index is 11.8. The second kappa shape index (κ2) is 9.79.